The van der Waals surface area contributed by atoms with Gasteiger partial charge in [0.2, 0.25) is 0 Å². The molecule has 0 heterocycles. The van der Waals surface area contributed by atoms with Crippen LogP contribution in [0.4, 0.5) is 22.7 Å². The summed E-state index contributed by atoms with van der Waals surface area (Å²) in [5, 5.41) is 6.41. The second-order valence-corrected chi connectivity index (χ2v) is 9.61. The Kier molecular flexibility index (Phi) is 11.0. The average Bonchev–Trinajstić information content (AvgIpc) is 3.06. The van der Waals surface area contributed by atoms with Gasteiger partial charge in [0.1, 0.15) is 0 Å². The van der Waals surface area contributed by atoms with Crippen molar-refractivity contribution in [3.05, 3.63) is 145 Å². The van der Waals surface area contributed by atoms with Gasteiger partial charge in [0.25, 0.3) is 0 Å². The number of rotatable bonds is 14. The van der Waals surface area contributed by atoms with Crippen LogP contribution in [0.5, 0.6) is 0 Å². The number of anilines is 4. The standard InChI is InChI=1S/C36H35N3O4/c1-4-35(40)42-25-23-28-11-17-32(18-12-28)39(33-19-13-29(14-20-33)24-26-43-36(41)5-2)34-21-15-30(16-22-34)27-37-38(3)31-9-7-6-8-10-31/h4-22,27H,1-2,23-26H2,3H3. The van der Waals surface area contributed by atoms with E-state index in [0.29, 0.717) is 26.1 Å². The minimum Gasteiger partial charge on any atom is -0.462 e. The molecule has 0 N–H and O–H groups in total. The fraction of sp³-hybridized carbons (Fsp3) is 0.139. The Morgan fingerprint density at radius 1 is 0.651 bits per heavy atom. The van der Waals surface area contributed by atoms with Gasteiger partial charge in [-0.3, -0.25) is 5.01 Å². The molecule has 0 aliphatic heterocycles. The number of ether oxygens (including phenoxy) is 2. The van der Waals surface area contributed by atoms with Crippen LogP contribution in [0.25, 0.3) is 0 Å². The van der Waals surface area contributed by atoms with Crippen molar-refractivity contribution in [2.45, 2.75) is 12.8 Å². The monoisotopic (exact) mass is 573 g/mol. The molecule has 0 atom stereocenters. The highest BCUT2D eigenvalue weighted by Gasteiger charge is 2.13. The Bertz CT molecular complexity index is 1460. The molecule has 0 unspecified atom stereocenters. The SMILES string of the molecule is C=CC(=O)OCCc1ccc(N(c2ccc(C=NN(C)c3ccccc3)cc2)c2ccc(CCOC(=O)C=C)cc2)cc1. The van der Waals surface area contributed by atoms with Crippen LogP contribution in [0, 0.1) is 0 Å². The van der Waals surface area contributed by atoms with Gasteiger partial charge in [0.15, 0.2) is 0 Å². The van der Waals surface area contributed by atoms with E-state index in [1.807, 2.05) is 85.0 Å². The first kappa shape index (κ1) is 30.5. The topological polar surface area (TPSA) is 71.4 Å². The fourth-order valence-corrected chi connectivity index (χ4v) is 4.30. The van der Waals surface area contributed by atoms with Gasteiger partial charge in [-0.1, -0.05) is 67.8 Å². The molecule has 7 nitrogen and oxygen atoms in total. The zero-order valence-electron chi connectivity index (χ0n) is 24.3. The van der Waals surface area contributed by atoms with Gasteiger partial charge in [-0.25, -0.2) is 9.59 Å². The highest BCUT2D eigenvalue weighted by atomic mass is 16.5. The van der Waals surface area contributed by atoms with Crippen molar-refractivity contribution >= 4 is 40.9 Å². The van der Waals surface area contributed by atoms with Crippen molar-refractivity contribution in [2.75, 3.05) is 30.2 Å². The molecule has 4 aromatic rings. The van der Waals surface area contributed by atoms with E-state index in [1.165, 1.54) is 12.2 Å². The van der Waals surface area contributed by atoms with E-state index in [2.05, 4.69) is 59.6 Å². The molecule has 0 spiro atoms. The molecule has 4 rings (SSSR count). The number of carbonyl (C=O) groups excluding carboxylic acids is 2. The zero-order valence-corrected chi connectivity index (χ0v) is 24.3. The molecule has 0 saturated carbocycles. The van der Waals surface area contributed by atoms with Crippen molar-refractivity contribution in [3.63, 3.8) is 0 Å². The minimum atomic E-state index is -0.426. The number of nitrogens with zero attached hydrogens (tertiary/aromatic N) is 3. The predicted molar refractivity (Wildman–Crippen MR) is 173 cm³/mol. The summed E-state index contributed by atoms with van der Waals surface area (Å²) >= 11 is 0. The maximum Gasteiger partial charge on any atom is 0.330 e. The Labute approximate surface area is 253 Å². The van der Waals surface area contributed by atoms with E-state index in [-0.39, 0.29) is 0 Å². The first-order valence-corrected chi connectivity index (χ1v) is 14.0. The maximum atomic E-state index is 11.4. The summed E-state index contributed by atoms with van der Waals surface area (Å²) in [5.41, 5.74) is 7.02. The highest BCUT2D eigenvalue weighted by molar-refractivity contribution is 5.83. The molecular formula is C36H35N3O4. The van der Waals surface area contributed by atoms with Crippen LogP contribution in [0.3, 0.4) is 0 Å². The fourth-order valence-electron chi connectivity index (χ4n) is 4.30. The van der Waals surface area contributed by atoms with E-state index in [9.17, 15) is 9.59 Å². The van der Waals surface area contributed by atoms with Gasteiger partial charge >= 0.3 is 11.9 Å². The van der Waals surface area contributed by atoms with E-state index < -0.39 is 11.9 Å². The average molecular weight is 574 g/mol. The van der Waals surface area contributed by atoms with Crippen molar-refractivity contribution < 1.29 is 19.1 Å². The van der Waals surface area contributed by atoms with Gasteiger partial charge in [0.05, 0.1) is 25.1 Å². The van der Waals surface area contributed by atoms with Crippen LogP contribution in [-0.4, -0.2) is 38.4 Å². The molecule has 0 radical (unpaired) electrons. The molecular weight excluding hydrogens is 538 g/mol. The van der Waals surface area contributed by atoms with E-state index in [0.717, 1.165) is 39.4 Å². The number of esters is 2. The van der Waals surface area contributed by atoms with Gasteiger partial charge < -0.3 is 14.4 Å². The minimum absolute atomic E-state index is 0.292. The van der Waals surface area contributed by atoms with Crippen LogP contribution < -0.4 is 9.91 Å². The van der Waals surface area contributed by atoms with Crippen LogP contribution in [0.15, 0.2) is 134 Å². The third-order valence-electron chi connectivity index (χ3n) is 6.65. The number of benzene rings is 4. The van der Waals surface area contributed by atoms with Gasteiger partial charge in [-0.2, -0.15) is 5.10 Å². The molecule has 0 saturated heterocycles. The normalized spacial score (nSPS) is 10.6. The summed E-state index contributed by atoms with van der Waals surface area (Å²) in [6.45, 7) is 7.44. The lowest BCUT2D eigenvalue weighted by Crippen LogP contribution is -2.11. The molecule has 218 valence electrons. The lowest BCUT2D eigenvalue weighted by Gasteiger charge is -2.26. The maximum absolute atomic E-state index is 11.4. The molecule has 0 amide bonds. The number of hydrazone groups is 1. The molecule has 0 bridgehead atoms. The lowest BCUT2D eigenvalue weighted by atomic mass is 10.1. The predicted octanol–water partition coefficient (Wildman–Crippen LogP) is 7.17. The van der Waals surface area contributed by atoms with Crippen LogP contribution in [-0.2, 0) is 31.9 Å². The van der Waals surface area contributed by atoms with Gasteiger partial charge in [0, 0.05) is 49.1 Å². The van der Waals surface area contributed by atoms with Gasteiger partial charge in [-0.15, -0.1) is 0 Å². The number of carbonyl (C=O) groups is 2. The Morgan fingerprint density at radius 2 is 1.09 bits per heavy atom. The summed E-state index contributed by atoms with van der Waals surface area (Å²) in [4.78, 5) is 24.9. The van der Waals surface area contributed by atoms with Crippen molar-refractivity contribution in [1.29, 1.82) is 0 Å². The van der Waals surface area contributed by atoms with E-state index >= 15 is 0 Å². The molecule has 4 aromatic carbocycles. The molecule has 0 aliphatic rings. The first-order chi connectivity index (χ1) is 21.0. The summed E-state index contributed by atoms with van der Waals surface area (Å²) < 4.78 is 10.3. The van der Waals surface area contributed by atoms with Crippen molar-refractivity contribution in [3.8, 4) is 0 Å². The Balaban J connectivity index is 1.54. The number of hydrogen-bond donors (Lipinski definition) is 0. The largest absolute Gasteiger partial charge is 0.462 e. The smallest absolute Gasteiger partial charge is 0.330 e. The molecule has 0 fully saturated rings. The third kappa shape index (κ3) is 9.03. The Hall–Kier alpha value is -5.43. The summed E-state index contributed by atoms with van der Waals surface area (Å²) in [5.74, 6) is -0.851. The Morgan fingerprint density at radius 3 is 1.53 bits per heavy atom. The number of hydrogen-bond acceptors (Lipinski definition) is 7. The second kappa shape index (κ2) is 15.5. The van der Waals surface area contributed by atoms with Crippen molar-refractivity contribution in [2.24, 2.45) is 5.10 Å². The molecule has 7 heteroatoms. The quantitative estimate of drug-likeness (QED) is 0.0689. The second-order valence-electron chi connectivity index (χ2n) is 9.61. The van der Waals surface area contributed by atoms with Gasteiger partial charge in [-0.05, 0) is 65.2 Å². The van der Waals surface area contributed by atoms with Crippen LogP contribution >= 0.6 is 0 Å². The third-order valence-corrected chi connectivity index (χ3v) is 6.65. The van der Waals surface area contributed by atoms with E-state index in [1.54, 1.807) is 0 Å². The lowest BCUT2D eigenvalue weighted by molar-refractivity contribution is -0.138. The van der Waals surface area contributed by atoms with Crippen LogP contribution in [0.2, 0.25) is 0 Å². The van der Waals surface area contributed by atoms with E-state index in [4.69, 9.17) is 9.47 Å². The summed E-state index contributed by atoms with van der Waals surface area (Å²) in [7, 11) is 1.92. The molecule has 0 aromatic heterocycles. The first-order valence-electron chi connectivity index (χ1n) is 14.0. The molecule has 43 heavy (non-hydrogen) atoms. The summed E-state index contributed by atoms with van der Waals surface area (Å²) in [6.07, 6.45) is 5.38. The molecule has 0 aliphatic carbocycles. The van der Waals surface area contributed by atoms with Crippen LogP contribution in [0.1, 0.15) is 16.7 Å². The summed E-state index contributed by atoms with van der Waals surface area (Å²) in [6, 6.07) is 34.5. The van der Waals surface area contributed by atoms with Crippen molar-refractivity contribution in [1.82, 2.24) is 0 Å². The zero-order chi connectivity index (χ0) is 30.4. The number of para-hydroxylation sites is 1. The highest BCUT2D eigenvalue weighted by Crippen LogP contribution is 2.35.